The molecule has 0 saturated heterocycles. The molecule has 2 aromatic rings. The van der Waals surface area contributed by atoms with Crippen LogP contribution in [0, 0.1) is 17.8 Å². The van der Waals surface area contributed by atoms with E-state index in [9.17, 15) is 9.59 Å². The highest BCUT2D eigenvalue weighted by molar-refractivity contribution is 6.31. The highest BCUT2D eigenvalue weighted by Gasteiger charge is 2.42. The number of fused-ring (bicyclic) bond motifs is 3. The van der Waals surface area contributed by atoms with Crippen molar-refractivity contribution in [3.05, 3.63) is 45.3 Å². The second-order valence-corrected chi connectivity index (χ2v) is 7.67. The summed E-state index contributed by atoms with van der Waals surface area (Å²) in [7, 11) is 0. The number of hydrogen-bond donors (Lipinski definition) is 1. The van der Waals surface area contributed by atoms with Gasteiger partial charge in [-0.05, 0) is 68.2 Å². The number of hydrogen-bond acceptors (Lipinski definition) is 3. The molecule has 2 saturated carbocycles. The van der Waals surface area contributed by atoms with Crippen LogP contribution in [0.4, 0.5) is 0 Å². The molecule has 2 fully saturated rings. The Labute approximate surface area is 145 Å². The Morgan fingerprint density at radius 1 is 1.29 bits per heavy atom. The minimum absolute atomic E-state index is 0.0415. The van der Waals surface area contributed by atoms with Crippen LogP contribution < -0.4 is 10.9 Å². The topological polar surface area (TPSA) is 59.3 Å². The molecule has 4 atom stereocenters. The first-order valence-electron chi connectivity index (χ1n) is 8.55. The maximum Gasteiger partial charge on any atom is 0.349 e. The van der Waals surface area contributed by atoms with Gasteiger partial charge in [0, 0.05) is 16.5 Å². The third-order valence-electron chi connectivity index (χ3n) is 5.73. The van der Waals surface area contributed by atoms with Gasteiger partial charge in [0.05, 0.1) is 0 Å². The molecule has 1 aromatic carbocycles. The van der Waals surface area contributed by atoms with Gasteiger partial charge in [-0.15, -0.1) is 0 Å². The van der Waals surface area contributed by atoms with Gasteiger partial charge in [-0.3, -0.25) is 4.79 Å². The molecule has 4 rings (SSSR count). The van der Waals surface area contributed by atoms with E-state index in [1.165, 1.54) is 25.7 Å². The molecule has 1 N–H and O–H groups in total. The largest absolute Gasteiger partial charge is 0.422 e. The van der Waals surface area contributed by atoms with Crippen molar-refractivity contribution >= 4 is 28.5 Å². The van der Waals surface area contributed by atoms with Crippen molar-refractivity contribution in [1.29, 1.82) is 0 Å². The van der Waals surface area contributed by atoms with Crippen molar-refractivity contribution in [2.75, 3.05) is 0 Å². The van der Waals surface area contributed by atoms with Gasteiger partial charge < -0.3 is 9.73 Å². The minimum Gasteiger partial charge on any atom is -0.422 e. The molecule has 0 aliphatic heterocycles. The summed E-state index contributed by atoms with van der Waals surface area (Å²) in [5.41, 5.74) is -0.135. The van der Waals surface area contributed by atoms with Crippen LogP contribution in [0.25, 0.3) is 11.0 Å². The molecule has 1 amide bonds. The third-order valence-corrected chi connectivity index (χ3v) is 5.97. The van der Waals surface area contributed by atoms with Crippen LogP contribution in [0.2, 0.25) is 5.02 Å². The summed E-state index contributed by atoms with van der Waals surface area (Å²) in [6, 6.07) is 6.62. The molecular formula is C19H20ClNO3. The van der Waals surface area contributed by atoms with E-state index in [0.717, 1.165) is 11.8 Å². The zero-order valence-corrected chi connectivity index (χ0v) is 14.3. The van der Waals surface area contributed by atoms with E-state index in [-0.39, 0.29) is 17.5 Å². The highest BCUT2D eigenvalue weighted by Crippen LogP contribution is 2.49. The molecule has 2 bridgehead atoms. The van der Waals surface area contributed by atoms with Gasteiger partial charge >= 0.3 is 5.63 Å². The molecule has 5 heteroatoms. The van der Waals surface area contributed by atoms with Crippen molar-refractivity contribution in [2.24, 2.45) is 17.8 Å². The Bertz CT molecular complexity index is 859. The monoisotopic (exact) mass is 345 g/mol. The van der Waals surface area contributed by atoms with Gasteiger partial charge in [-0.25, -0.2) is 4.79 Å². The number of benzene rings is 1. The third kappa shape index (κ3) is 2.73. The summed E-state index contributed by atoms with van der Waals surface area (Å²) in [6.07, 6.45) is 5.08. The van der Waals surface area contributed by atoms with Gasteiger partial charge in [-0.1, -0.05) is 18.0 Å². The normalized spacial score (nSPS) is 26.7. The number of rotatable bonds is 3. The summed E-state index contributed by atoms with van der Waals surface area (Å²) >= 11 is 5.98. The van der Waals surface area contributed by atoms with E-state index in [2.05, 4.69) is 5.32 Å². The van der Waals surface area contributed by atoms with Crippen LogP contribution in [0.15, 0.2) is 33.5 Å². The van der Waals surface area contributed by atoms with Crippen molar-refractivity contribution in [3.63, 3.8) is 0 Å². The van der Waals surface area contributed by atoms with E-state index in [0.29, 0.717) is 21.9 Å². The molecule has 126 valence electrons. The van der Waals surface area contributed by atoms with Crippen molar-refractivity contribution in [3.8, 4) is 0 Å². The SMILES string of the molecule is C[C@@H](NC(=O)c1cc2cc(Cl)ccc2oc1=O)[C@H]1C[C@@H]2CC[C@@H]1C2. The Hall–Kier alpha value is -1.81. The van der Waals surface area contributed by atoms with E-state index in [1.807, 2.05) is 6.92 Å². The van der Waals surface area contributed by atoms with Crippen LogP contribution >= 0.6 is 11.6 Å². The zero-order chi connectivity index (χ0) is 16.8. The van der Waals surface area contributed by atoms with Crippen LogP contribution in [-0.4, -0.2) is 11.9 Å². The maximum atomic E-state index is 12.6. The van der Waals surface area contributed by atoms with E-state index in [4.69, 9.17) is 16.0 Å². The predicted molar refractivity (Wildman–Crippen MR) is 93.4 cm³/mol. The summed E-state index contributed by atoms with van der Waals surface area (Å²) < 4.78 is 5.25. The van der Waals surface area contributed by atoms with Gasteiger partial charge in [0.15, 0.2) is 0 Å². The fourth-order valence-electron chi connectivity index (χ4n) is 4.55. The van der Waals surface area contributed by atoms with Gasteiger partial charge in [0.1, 0.15) is 11.1 Å². The number of carbonyl (C=O) groups is 1. The Kier molecular flexibility index (Phi) is 3.87. The van der Waals surface area contributed by atoms with Crippen LogP contribution in [0.3, 0.4) is 0 Å². The number of amides is 1. The maximum absolute atomic E-state index is 12.6. The standard InChI is InChI=1S/C19H20ClNO3/c1-10(15-7-11-2-3-12(15)6-11)21-18(22)16-9-13-8-14(20)4-5-17(13)24-19(16)23/h4-5,8-12,15H,2-3,6-7H2,1H3,(H,21,22)/t10-,11-,12-,15-/m1/s1. The first-order valence-corrected chi connectivity index (χ1v) is 8.93. The molecule has 2 aliphatic carbocycles. The molecule has 2 aliphatic rings. The molecular weight excluding hydrogens is 326 g/mol. The lowest BCUT2D eigenvalue weighted by molar-refractivity contribution is 0.0911. The molecule has 0 radical (unpaired) electrons. The minimum atomic E-state index is -0.609. The molecule has 4 nitrogen and oxygen atoms in total. The zero-order valence-electron chi connectivity index (χ0n) is 13.5. The fraction of sp³-hybridized carbons (Fsp3) is 0.474. The average molecular weight is 346 g/mol. The smallest absolute Gasteiger partial charge is 0.349 e. The first-order chi connectivity index (χ1) is 11.5. The fourth-order valence-corrected chi connectivity index (χ4v) is 4.73. The van der Waals surface area contributed by atoms with Gasteiger partial charge in [-0.2, -0.15) is 0 Å². The van der Waals surface area contributed by atoms with E-state index in [1.54, 1.807) is 24.3 Å². The second-order valence-electron chi connectivity index (χ2n) is 7.23. The van der Waals surface area contributed by atoms with Crippen LogP contribution in [0.5, 0.6) is 0 Å². The lowest BCUT2D eigenvalue weighted by Crippen LogP contribution is -2.41. The molecule has 0 unspecified atom stereocenters. The number of carbonyl (C=O) groups excluding carboxylic acids is 1. The average Bonchev–Trinajstić information content (AvgIpc) is 3.17. The predicted octanol–water partition coefficient (Wildman–Crippen LogP) is 4.00. The molecule has 1 heterocycles. The summed E-state index contributed by atoms with van der Waals surface area (Å²) in [4.78, 5) is 24.7. The van der Waals surface area contributed by atoms with E-state index >= 15 is 0 Å². The van der Waals surface area contributed by atoms with Crippen molar-refractivity contribution < 1.29 is 9.21 Å². The van der Waals surface area contributed by atoms with Crippen molar-refractivity contribution in [1.82, 2.24) is 5.32 Å². The van der Waals surface area contributed by atoms with Crippen LogP contribution in [0.1, 0.15) is 43.0 Å². The summed E-state index contributed by atoms with van der Waals surface area (Å²) in [5.74, 6) is 1.71. The molecule has 0 spiro atoms. The lowest BCUT2D eigenvalue weighted by atomic mass is 9.84. The molecule has 1 aromatic heterocycles. The summed E-state index contributed by atoms with van der Waals surface area (Å²) in [5, 5.41) is 4.20. The first kappa shape index (κ1) is 15.7. The Morgan fingerprint density at radius 2 is 2.12 bits per heavy atom. The van der Waals surface area contributed by atoms with Gasteiger partial charge in [0.2, 0.25) is 0 Å². The van der Waals surface area contributed by atoms with Crippen LogP contribution in [-0.2, 0) is 0 Å². The quantitative estimate of drug-likeness (QED) is 0.855. The van der Waals surface area contributed by atoms with Gasteiger partial charge in [0.25, 0.3) is 5.91 Å². The second kappa shape index (κ2) is 5.92. The summed E-state index contributed by atoms with van der Waals surface area (Å²) in [6.45, 7) is 2.04. The highest BCUT2D eigenvalue weighted by atomic mass is 35.5. The van der Waals surface area contributed by atoms with Crippen molar-refractivity contribution in [2.45, 2.75) is 38.6 Å². The lowest BCUT2D eigenvalue weighted by Gasteiger charge is -2.28. The Balaban J connectivity index is 1.56. The number of nitrogens with one attached hydrogen (secondary N) is 1. The van der Waals surface area contributed by atoms with E-state index < -0.39 is 5.63 Å². The Morgan fingerprint density at radius 3 is 2.83 bits per heavy atom. The molecule has 24 heavy (non-hydrogen) atoms. The number of halogens is 1.